The van der Waals surface area contributed by atoms with E-state index in [0.717, 1.165) is 22.3 Å². The minimum atomic E-state index is -0.443. The highest BCUT2D eigenvalue weighted by Gasteiger charge is 2.12. The number of amides is 1. The molecule has 0 fully saturated rings. The van der Waals surface area contributed by atoms with Crippen molar-refractivity contribution < 1.29 is 4.79 Å². The molecule has 0 heterocycles. The smallest absolute Gasteiger partial charge is 0.262 e. The van der Waals surface area contributed by atoms with Gasteiger partial charge in [-0.05, 0) is 54.4 Å². The predicted molar refractivity (Wildman–Crippen MR) is 109 cm³/mol. The van der Waals surface area contributed by atoms with Gasteiger partial charge in [-0.2, -0.15) is 5.10 Å². The zero-order valence-electron chi connectivity index (χ0n) is 14.7. The van der Waals surface area contributed by atoms with Crippen molar-refractivity contribution in [2.45, 2.75) is 19.9 Å². The predicted octanol–water partition coefficient (Wildman–Crippen LogP) is 4.83. The average molecular weight is 366 g/mol. The van der Waals surface area contributed by atoms with Gasteiger partial charge < -0.3 is 5.32 Å². The number of carbonyl (C=O) groups excluding carboxylic acids is 1. The van der Waals surface area contributed by atoms with Crippen molar-refractivity contribution in [3.05, 3.63) is 77.3 Å². The van der Waals surface area contributed by atoms with Crippen molar-refractivity contribution in [1.82, 2.24) is 5.43 Å². The molecule has 1 amide bonds. The first-order valence-corrected chi connectivity index (χ1v) is 8.76. The molecule has 0 saturated carbocycles. The molecular weight excluding hydrogens is 346 g/mol. The molecule has 0 bridgehead atoms. The third-order valence-corrected chi connectivity index (χ3v) is 4.34. The maximum absolute atomic E-state index is 12.3. The number of nitrogens with one attached hydrogen (secondary N) is 2. The van der Waals surface area contributed by atoms with Gasteiger partial charge in [0.1, 0.15) is 6.04 Å². The van der Waals surface area contributed by atoms with Crippen LogP contribution in [0.5, 0.6) is 0 Å². The van der Waals surface area contributed by atoms with Crippen LogP contribution in [-0.2, 0) is 4.79 Å². The van der Waals surface area contributed by atoms with Gasteiger partial charge in [0.15, 0.2) is 0 Å². The van der Waals surface area contributed by atoms with Crippen molar-refractivity contribution in [2.75, 3.05) is 5.32 Å². The lowest BCUT2D eigenvalue weighted by atomic mass is 10.0. The zero-order valence-corrected chi connectivity index (χ0v) is 15.4. The van der Waals surface area contributed by atoms with Crippen molar-refractivity contribution in [3.8, 4) is 0 Å². The zero-order chi connectivity index (χ0) is 18.5. The second-order valence-corrected chi connectivity index (χ2v) is 6.55. The number of nitrogens with zero attached hydrogens (tertiary/aromatic N) is 1. The van der Waals surface area contributed by atoms with E-state index < -0.39 is 6.04 Å². The van der Waals surface area contributed by atoms with Gasteiger partial charge in [0.05, 0.1) is 5.71 Å². The molecule has 132 valence electrons. The van der Waals surface area contributed by atoms with Crippen LogP contribution in [-0.4, -0.2) is 17.7 Å². The maximum atomic E-state index is 12.3. The van der Waals surface area contributed by atoms with Crippen molar-refractivity contribution >= 4 is 39.7 Å². The molecule has 0 aliphatic carbocycles. The summed E-state index contributed by atoms with van der Waals surface area (Å²) >= 11 is 5.96. The fraction of sp³-hybridized carbons (Fsp3) is 0.143. The van der Waals surface area contributed by atoms with Gasteiger partial charge in [-0.3, -0.25) is 4.79 Å². The number of carbonyl (C=O) groups is 1. The molecule has 1 unspecified atom stereocenters. The van der Waals surface area contributed by atoms with Crippen LogP contribution in [0.25, 0.3) is 10.8 Å². The Morgan fingerprint density at radius 2 is 1.77 bits per heavy atom. The molecule has 0 saturated heterocycles. The molecule has 2 N–H and O–H groups in total. The lowest BCUT2D eigenvalue weighted by Crippen LogP contribution is -2.35. The Kier molecular flexibility index (Phi) is 5.54. The molecular formula is C21H20ClN3O. The van der Waals surface area contributed by atoms with Crippen LogP contribution in [0.1, 0.15) is 19.4 Å². The number of halogens is 1. The lowest BCUT2D eigenvalue weighted by molar-refractivity contribution is -0.121. The number of fused-ring (bicyclic) bond motifs is 1. The minimum Gasteiger partial charge on any atom is -0.374 e. The highest BCUT2D eigenvalue weighted by molar-refractivity contribution is 6.30. The molecule has 5 heteroatoms. The summed E-state index contributed by atoms with van der Waals surface area (Å²) in [7, 11) is 0. The quantitative estimate of drug-likeness (QED) is 0.502. The molecule has 4 nitrogen and oxygen atoms in total. The van der Waals surface area contributed by atoms with Crippen LogP contribution in [0.2, 0.25) is 5.02 Å². The standard InChI is InChI=1S/C21H20ClN3O/c1-14(17-11-10-16-6-3-4-7-18(16)12-17)24-25-21(26)15(2)23-20-9-5-8-19(22)13-20/h3-13,15,23H,1-2H3,(H,25,26). The van der Waals surface area contributed by atoms with E-state index in [1.54, 1.807) is 19.1 Å². The number of hydrogen-bond donors (Lipinski definition) is 2. The third-order valence-electron chi connectivity index (χ3n) is 4.10. The summed E-state index contributed by atoms with van der Waals surface area (Å²) in [4.78, 5) is 12.3. The first kappa shape index (κ1) is 18.0. The summed E-state index contributed by atoms with van der Waals surface area (Å²) in [6, 6.07) is 21.1. The van der Waals surface area contributed by atoms with Crippen molar-refractivity contribution in [2.24, 2.45) is 5.10 Å². The number of hydrazone groups is 1. The topological polar surface area (TPSA) is 53.5 Å². The lowest BCUT2D eigenvalue weighted by Gasteiger charge is -2.14. The van der Waals surface area contributed by atoms with Gasteiger partial charge in [-0.1, -0.05) is 54.1 Å². The highest BCUT2D eigenvalue weighted by atomic mass is 35.5. The minimum absolute atomic E-state index is 0.217. The maximum Gasteiger partial charge on any atom is 0.262 e. The molecule has 3 aromatic carbocycles. The third kappa shape index (κ3) is 4.41. The van der Waals surface area contributed by atoms with Crippen LogP contribution >= 0.6 is 11.6 Å². The van der Waals surface area contributed by atoms with E-state index in [1.165, 1.54) is 5.39 Å². The molecule has 3 aromatic rings. The van der Waals surface area contributed by atoms with E-state index in [0.29, 0.717) is 5.02 Å². The van der Waals surface area contributed by atoms with Crippen LogP contribution in [0.15, 0.2) is 71.8 Å². The summed E-state index contributed by atoms with van der Waals surface area (Å²) in [6.07, 6.45) is 0. The average Bonchev–Trinajstić information content (AvgIpc) is 2.65. The first-order chi connectivity index (χ1) is 12.5. The number of rotatable bonds is 5. The summed E-state index contributed by atoms with van der Waals surface area (Å²) in [5.74, 6) is -0.217. The molecule has 0 spiro atoms. The largest absolute Gasteiger partial charge is 0.374 e. The molecule has 26 heavy (non-hydrogen) atoms. The molecule has 0 radical (unpaired) electrons. The van der Waals surface area contributed by atoms with E-state index in [-0.39, 0.29) is 5.91 Å². The van der Waals surface area contributed by atoms with Crippen LogP contribution in [0.3, 0.4) is 0 Å². The van der Waals surface area contributed by atoms with Gasteiger partial charge in [-0.25, -0.2) is 5.43 Å². The fourth-order valence-electron chi connectivity index (χ4n) is 2.61. The van der Waals surface area contributed by atoms with Gasteiger partial charge >= 0.3 is 0 Å². The molecule has 0 aliphatic rings. The summed E-state index contributed by atoms with van der Waals surface area (Å²) in [5.41, 5.74) is 5.13. The van der Waals surface area contributed by atoms with Crippen LogP contribution in [0.4, 0.5) is 5.69 Å². The van der Waals surface area contributed by atoms with E-state index in [1.807, 2.05) is 37.3 Å². The summed E-state index contributed by atoms with van der Waals surface area (Å²) in [5, 5.41) is 10.3. The Hall–Kier alpha value is -2.85. The van der Waals surface area contributed by atoms with Crippen molar-refractivity contribution in [1.29, 1.82) is 0 Å². The second-order valence-electron chi connectivity index (χ2n) is 6.11. The Labute approximate surface area is 157 Å². The Morgan fingerprint density at radius 1 is 1.00 bits per heavy atom. The molecule has 0 aliphatic heterocycles. The van der Waals surface area contributed by atoms with Gasteiger partial charge in [0, 0.05) is 10.7 Å². The van der Waals surface area contributed by atoms with Crippen LogP contribution in [0, 0.1) is 0 Å². The van der Waals surface area contributed by atoms with Gasteiger partial charge in [0.2, 0.25) is 0 Å². The van der Waals surface area contributed by atoms with E-state index in [4.69, 9.17) is 11.6 Å². The van der Waals surface area contributed by atoms with Crippen molar-refractivity contribution in [3.63, 3.8) is 0 Å². The van der Waals surface area contributed by atoms with Crippen LogP contribution < -0.4 is 10.7 Å². The summed E-state index contributed by atoms with van der Waals surface area (Å²) in [6.45, 7) is 3.65. The SMILES string of the molecule is CC(=NNC(=O)C(C)Nc1cccc(Cl)c1)c1ccc2ccccc2c1. The van der Waals surface area contributed by atoms with Gasteiger partial charge in [0.25, 0.3) is 5.91 Å². The second kappa shape index (κ2) is 8.02. The molecule has 0 aromatic heterocycles. The Bertz CT molecular complexity index is 968. The molecule has 1 atom stereocenters. The van der Waals surface area contributed by atoms with E-state index in [9.17, 15) is 4.79 Å². The monoisotopic (exact) mass is 365 g/mol. The Morgan fingerprint density at radius 3 is 2.54 bits per heavy atom. The van der Waals surface area contributed by atoms with E-state index >= 15 is 0 Å². The van der Waals surface area contributed by atoms with Gasteiger partial charge in [-0.15, -0.1) is 0 Å². The normalized spacial score (nSPS) is 12.7. The number of hydrogen-bond acceptors (Lipinski definition) is 3. The Balaban J connectivity index is 1.66. The number of benzene rings is 3. The number of anilines is 1. The van der Waals surface area contributed by atoms with E-state index in [2.05, 4.69) is 40.1 Å². The summed E-state index contributed by atoms with van der Waals surface area (Å²) < 4.78 is 0. The highest BCUT2D eigenvalue weighted by Crippen LogP contribution is 2.17. The molecule has 3 rings (SSSR count). The fourth-order valence-corrected chi connectivity index (χ4v) is 2.80. The first-order valence-electron chi connectivity index (χ1n) is 8.38.